The van der Waals surface area contributed by atoms with E-state index in [2.05, 4.69) is 12.2 Å². The fraction of sp³-hybridized carbons (Fsp3) is 0.381. The zero-order valence-corrected chi connectivity index (χ0v) is 15.6. The van der Waals surface area contributed by atoms with Gasteiger partial charge in [-0.1, -0.05) is 31.9 Å². The van der Waals surface area contributed by atoms with Crippen molar-refractivity contribution in [1.82, 2.24) is 5.32 Å². The summed E-state index contributed by atoms with van der Waals surface area (Å²) in [5.74, 6) is 0.337. The first-order valence-corrected chi connectivity index (χ1v) is 9.23. The van der Waals surface area contributed by atoms with Crippen LogP contribution in [0.3, 0.4) is 0 Å². The molecule has 0 bridgehead atoms. The summed E-state index contributed by atoms with van der Waals surface area (Å²) in [5.41, 5.74) is 7.21. The van der Waals surface area contributed by atoms with E-state index in [1.165, 1.54) is 0 Å². The zero-order valence-electron chi connectivity index (χ0n) is 15.6. The number of carbonyl (C=O) groups is 1. The molecular formula is C21H28N2O4. The molecule has 6 nitrogen and oxygen atoms in total. The number of ether oxygens (including phenoxy) is 1. The van der Waals surface area contributed by atoms with Gasteiger partial charge in [0.25, 0.3) is 5.91 Å². The molecule has 0 spiro atoms. The van der Waals surface area contributed by atoms with E-state index >= 15 is 0 Å². The normalized spacial score (nSPS) is 13.0. The summed E-state index contributed by atoms with van der Waals surface area (Å²) in [7, 11) is 0. The Hall–Kier alpha value is -2.57. The summed E-state index contributed by atoms with van der Waals surface area (Å²) >= 11 is 0. The molecule has 27 heavy (non-hydrogen) atoms. The van der Waals surface area contributed by atoms with Crippen LogP contribution in [0.4, 0.5) is 5.69 Å². The number of aliphatic hydroxyl groups is 2. The molecule has 0 aromatic heterocycles. The van der Waals surface area contributed by atoms with Gasteiger partial charge in [0, 0.05) is 11.3 Å². The number of nitrogens with two attached hydrogens (primary N) is 1. The van der Waals surface area contributed by atoms with Crippen molar-refractivity contribution < 1.29 is 19.7 Å². The van der Waals surface area contributed by atoms with Gasteiger partial charge in [0.05, 0.1) is 19.3 Å². The van der Waals surface area contributed by atoms with Crippen molar-refractivity contribution in [1.29, 1.82) is 0 Å². The van der Waals surface area contributed by atoms with Crippen molar-refractivity contribution in [3.05, 3.63) is 59.7 Å². The van der Waals surface area contributed by atoms with Gasteiger partial charge in [-0.15, -0.1) is 0 Å². The number of hydrogen-bond acceptors (Lipinski definition) is 5. The fourth-order valence-electron chi connectivity index (χ4n) is 2.65. The highest BCUT2D eigenvalue weighted by Crippen LogP contribution is 2.19. The van der Waals surface area contributed by atoms with Gasteiger partial charge in [-0.25, -0.2) is 0 Å². The molecule has 0 saturated carbocycles. The first kappa shape index (κ1) is 20.7. The summed E-state index contributed by atoms with van der Waals surface area (Å²) in [6.07, 6.45) is 2.22. The maximum Gasteiger partial charge on any atom is 0.251 e. The first-order valence-electron chi connectivity index (χ1n) is 9.23. The number of amides is 1. The molecule has 0 radical (unpaired) electrons. The minimum absolute atomic E-state index is 0.374. The van der Waals surface area contributed by atoms with Crippen LogP contribution < -0.4 is 15.8 Å². The third-order valence-corrected chi connectivity index (χ3v) is 4.31. The molecule has 146 valence electrons. The Balaban J connectivity index is 1.94. The fourth-order valence-corrected chi connectivity index (χ4v) is 2.65. The van der Waals surface area contributed by atoms with Crippen LogP contribution in [0.5, 0.6) is 5.75 Å². The van der Waals surface area contributed by atoms with Crippen molar-refractivity contribution in [3.8, 4) is 5.75 Å². The van der Waals surface area contributed by atoms with Crippen LogP contribution in [0.25, 0.3) is 0 Å². The SMILES string of the molecule is CCCCCOc1ccc(C(=O)NC(CO)C(O)c2ccc(N)cc2)cc1. The maximum absolute atomic E-state index is 12.4. The Morgan fingerprint density at radius 1 is 1.11 bits per heavy atom. The molecule has 0 aliphatic rings. The van der Waals surface area contributed by atoms with Gasteiger partial charge in [0.2, 0.25) is 0 Å². The number of nitrogens with one attached hydrogen (secondary N) is 1. The van der Waals surface area contributed by atoms with Crippen LogP contribution in [-0.2, 0) is 0 Å². The molecular weight excluding hydrogens is 344 g/mol. The van der Waals surface area contributed by atoms with E-state index in [1.807, 2.05) is 0 Å². The topological polar surface area (TPSA) is 105 Å². The monoisotopic (exact) mass is 372 g/mol. The molecule has 0 saturated heterocycles. The van der Waals surface area contributed by atoms with Crippen molar-refractivity contribution >= 4 is 11.6 Å². The van der Waals surface area contributed by atoms with E-state index in [1.54, 1.807) is 48.5 Å². The lowest BCUT2D eigenvalue weighted by molar-refractivity contribution is 0.0703. The van der Waals surface area contributed by atoms with Crippen LogP contribution in [-0.4, -0.2) is 35.4 Å². The number of unbranched alkanes of at least 4 members (excludes halogenated alkanes) is 2. The number of benzene rings is 2. The van der Waals surface area contributed by atoms with Crippen LogP contribution >= 0.6 is 0 Å². The standard InChI is InChI=1S/C21H28N2O4/c1-2-3-4-13-27-18-11-7-16(8-12-18)21(26)23-19(14-24)20(25)15-5-9-17(22)10-6-15/h5-12,19-20,24-25H,2-4,13-14,22H2,1H3,(H,23,26). The Kier molecular flexibility index (Phi) is 8.10. The summed E-state index contributed by atoms with van der Waals surface area (Å²) in [6.45, 7) is 2.40. The molecule has 0 aliphatic carbocycles. The zero-order chi connectivity index (χ0) is 19.6. The largest absolute Gasteiger partial charge is 0.494 e. The molecule has 6 heteroatoms. The molecule has 2 aromatic carbocycles. The predicted octanol–water partition coefficient (Wildman–Crippen LogP) is 2.66. The number of aliphatic hydroxyl groups excluding tert-OH is 2. The molecule has 0 heterocycles. The van der Waals surface area contributed by atoms with Crippen LogP contribution in [0, 0.1) is 0 Å². The number of nitrogen functional groups attached to an aromatic ring is 1. The molecule has 2 atom stereocenters. The quantitative estimate of drug-likeness (QED) is 0.379. The van der Waals surface area contributed by atoms with E-state index < -0.39 is 18.8 Å². The first-order chi connectivity index (χ1) is 13.0. The van der Waals surface area contributed by atoms with Gasteiger partial charge >= 0.3 is 0 Å². The summed E-state index contributed by atoms with van der Waals surface area (Å²) in [5, 5.41) is 22.7. The second-order valence-corrected chi connectivity index (χ2v) is 6.45. The smallest absolute Gasteiger partial charge is 0.251 e. The molecule has 2 rings (SSSR count). The van der Waals surface area contributed by atoms with Crippen molar-refractivity contribution in [2.75, 3.05) is 18.9 Å². The van der Waals surface area contributed by atoms with Gasteiger partial charge in [-0.05, 0) is 48.4 Å². The number of hydrogen-bond donors (Lipinski definition) is 4. The van der Waals surface area contributed by atoms with Crippen LogP contribution in [0.15, 0.2) is 48.5 Å². The van der Waals surface area contributed by atoms with E-state index in [0.717, 1.165) is 19.3 Å². The van der Waals surface area contributed by atoms with Crippen molar-refractivity contribution in [3.63, 3.8) is 0 Å². The Morgan fingerprint density at radius 3 is 2.37 bits per heavy atom. The van der Waals surface area contributed by atoms with E-state index in [4.69, 9.17) is 10.5 Å². The number of carbonyl (C=O) groups excluding carboxylic acids is 1. The van der Waals surface area contributed by atoms with E-state index in [9.17, 15) is 15.0 Å². The Bertz CT molecular complexity index is 701. The molecule has 0 fully saturated rings. The Labute approximate surface area is 160 Å². The van der Waals surface area contributed by atoms with Gasteiger partial charge < -0.3 is 26.0 Å². The average molecular weight is 372 g/mol. The average Bonchev–Trinajstić information content (AvgIpc) is 2.69. The van der Waals surface area contributed by atoms with Gasteiger partial charge in [-0.3, -0.25) is 4.79 Å². The van der Waals surface area contributed by atoms with E-state index in [-0.39, 0.29) is 5.91 Å². The summed E-state index contributed by atoms with van der Waals surface area (Å²) in [6, 6.07) is 12.6. The molecule has 2 aromatic rings. The van der Waals surface area contributed by atoms with Crippen molar-refractivity contribution in [2.24, 2.45) is 0 Å². The van der Waals surface area contributed by atoms with Crippen LogP contribution in [0.1, 0.15) is 48.2 Å². The van der Waals surface area contributed by atoms with Crippen molar-refractivity contribution in [2.45, 2.75) is 38.3 Å². The number of anilines is 1. The second-order valence-electron chi connectivity index (χ2n) is 6.45. The minimum atomic E-state index is -1.04. The van der Waals surface area contributed by atoms with Gasteiger partial charge in [0.1, 0.15) is 11.9 Å². The molecule has 0 aliphatic heterocycles. The third-order valence-electron chi connectivity index (χ3n) is 4.31. The number of rotatable bonds is 10. The molecule has 1 amide bonds. The van der Waals surface area contributed by atoms with Gasteiger partial charge in [0.15, 0.2) is 0 Å². The highest BCUT2D eigenvalue weighted by molar-refractivity contribution is 5.94. The highest BCUT2D eigenvalue weighted by atomic mass is 16.5. The summed E-state index contributed by atoms with van der Waals surface area (Å²) in [4.78, 5) is 12.4. The predicted molar refractivity (Wildman–Crippen MR) is 106 cm³/mol. The summed E-state index contributed by atoms with van der Waals surface area (Å²) < 4.78 is 5.63. The lowest BCUT2D eigenvalue weighted by atomic mass is 10.0. The second kappa shape index (κ2) is 10.5. The minimum Gasteiger partial charge on any atom is -0.494 e. The van der Waals surface area contributed by atoms with Gasteiger partial charge in [-0.2, -0.15) is 0 Å². The maximum atomic E-state index is 12.4. The Morgan fingerprint density at radius 2 is 1.78 bits per heavy atom. The molecule has 5 N–H and O–H groups in total. The van der Waals surface area contributed by atoms with Crippen LogP contribution in [0.2, 0.25) is 0 Å². The molecule has 2 unspecified atom stereocenters. The lowest BCUT2D eigenvalue weighted by Crippen LogP contribution is -2.41. The third kappa shape index (κ3) is 6.27. The lowest BCUT2D eigenvalue weighted by Gasteiger charge is -2.22. The van der Waals surface area contributed by atoms with E-state index in [0.29, 0.717) is 29.2 Å². The highest BCUT2D eigenvalue weighted by Gasteiger charge is 2.22.